The molecule has 7 heterocycles. The van der Waals surface area contributed by atoms with E-state index in [9.17, 15) is 23.5 Å². The Kier molecular flexibility index (Phi) is 8.68. The number of piperidine rings is 1. The third-order valence-electron chi connectivity index (χ3n) is 11.1. The number of aromatic carboxylic acids is 1. The molecule has 13 nitrogen and oxygen atoms in total. The Morgan fingerprint density at radius 2 is 1.73 bits per heavy atom. The van der Waals surface area contributed by atoms with Crippen LogP contribution >= 0.6 is 0 Å². The fourth-order valence-corrected chi connectivity index (χ4v) is 8.39. The summed E-state index contributed by atoms with van der Waals surface area (Å²) >= 11 is 0. The lowest BCUT2D eigenvalue weighted by atomic mass is 9.92. The summed E-state index contributed by atoms with van der Waals surface area (Å²) in [6, 6.07) is 4.09. The van der Waals surface area contributed by atoms with Crippen LogP contribution in [0.3, 0.4) is 0 Å². The van der Waals surface area contributed by atoms with E-state index < -0.39 is 12.4 Å². The Bertz CT molecular complexity index is 1950. The van der Waals surface area contributed by atoms with Crippen LogP contribution in [0.25, 0.3) is 11.1 Å². The number of carboxylic acid groups (broad SMARTS) is 1. The van der Waals surface area contributed by atoms with Crippen molar-refractivity contribution in [2.45, 2.75) is 70.5 Å². The second-order valence-electron chi connectivity index (χ2n) is 14.1. The fraction of sp³-hybridized carbons (Fsp3) is 0.500. The molecule has 0 spiro atoms. The summed E-state index contributed by atoms with van der Waals surface area (Å²) in [6.45, 7) is 6.75. The Balaban J connectivity index is 1.05. The number of benzene rings is 1. The summed E-state index contributed by atoms with van der Waals surface area (Å²) in [6.07, 6.45) is 8.62. The van der Waals surface area contributed by atoms with Crippen LogP contribution in [0.15, 0.2) is 36.9 Å². The van der Waals surface area contributed by atoms with E-state index in [2.05, 4.69) is 34.4 Å². The second-order valence-corrected chi connectivity index (χ2v) is 14.1. The van der Waals surface area contributed by atoms with Crippen LogP contribution in [0.5, 0.6) is 0 Å². The number of carboxylic acids is 1. The molecule has 1 aromatic carbocycles. The molecular weight excluding hydrogens is 658 g/mol. The number of carbonyl (C=O) groups excluding carboxylic acids is 1. The van der Waals surface area contributed by atoms with Crippen LogP contribution < -0.4 is 9.80 Å². The van der Waals surface area contributed by atoms with E-state index in [4.69, 9.17) is 5.10 Å². The molecule has 268 valence electrons. The van der Waals surface area contributed by atoms with Crippen molar-refractivity contribution in [1.82, 2.24) is 39.3 Å². The highest BCUT2D eigenvalue weighted by atomic mass is 19.3. The standard InChI is InChI=1S/C36H42F2N10O3/c1-22(49)45-13-8-31-30(21-45)34(47-9-3-4-23-14-28(25-18-41-43(2)19-25)29(33(37)38)15-32(23)47)42-48(31)26-5-10-44(11-6-26)27-7-12-46(20-27)36-39-16-24(17-40-36)35(50)51/h14-19,26-27,33H,3-13,20-21H2,1-2H3,(H,50,51)/t27-/m1/s1. The number of carbonyl (C=O) groups is 2. The normalized spacial score (nSPS) is 19.9. The summed E-state index contributed by atoms with van der Waals surface area (Å²) < 4.78 is 33.1. The quantitative estimate of drug-likeness (QED) is 0.292. The van der Waals surface area contributed by atoms with Crippen LogP contribution in [0.1, 0.15) is 77.8 Å². The molecule has 0 bridgehead atoms. The number of rotatable bonds is 7. The van der Waals surface area contributed by atoms with Crippen LogP contribution in [0.2, 0.25) is 0 Å². The Morgan fingerprint density at radius 1 is 0.961 bits per heavy atom. The minimum atomic E-state index is -2.66. The molecular formula is C36H42F2N10O3. The number of nitrogens with zero attached hydrogens (tertiary/aromatic N) is 10. The molecule has 0 saturated carbocycles. The number of alkyl halides is 2. The van der Waals surface area contributed by atoms with E-state index in [0.717, 1.165) is 86.6 Å². The number of halogens is 2. The first kappa shape index (κ1) is 33.2. The topological polar surface area (TPSA) is 129 Å². The van der Waals surface area contributed by atoms with Gasteiger partial charge in [-0.3, -0.25) is 19.1 Å². The van der Waals surface area contributed by atoms with Crippen LogP contribution in [0, 0.1) is 0 Å². The van der Waals surface area contributed by atoms with Gasteiger partial charge in [-0.1, -0.05) is 0 Å². The number of hydrogen-bond donors (Lipinski definition) is 1. The summed E-state index contributed by atoms with van der Waals surface area (Å²) in [5.74, 6) is 0.305. The summed E-state index contributed by atoms with van der Waals surface area (Å²) in [5.41, 5.74) is 5.17. The van der Waals surface area contributed by atoms with Gasteiger partial charge in [-0.2, -0.15) is 10.2 Å². The molecule has 1 atom stereocenters. The van der Waals surface area contributed by atoms with Crippen LogP contribution in [0.4, 0.5) is 26.2 Å². The molecule has 51 heavy (non-hydrogen) atoms. The predicted octanol–water partition coefficient (Wildman–Crippen LogP) is 4.61. The summed E-state index contributed by atoms with van der Waals surface area (Å²) in [5, 5.41) is 18.7. The first-order chi connectivity index (χ1) is 24.6. The molecule has 15 heteroatoms. The molecule has 4 aliphatic rings. The van der Waals surface area contributed by atoms with E-state index in [1.54, 1.807) is 37.1 Å². The molecule has 2 saturated heterocycles. The maximum absolute atomic E-state index is 14.6. The maximum atomic E-state index is 14.6. The predicted molar refractivity (Wildman–Crippen MR) is 185 cm³/mol. The van der Waals surface area contributed by atoms with E-state index in [-0.39, 0.29) is 23.1 Å². The number of hydrogen-bond acceptors (Lipinski definition) is 9. The second kappa shape index (κ2) is 13.3. The fourth-order valence-electron chi connectivity index (χ4n) is 8.39. The Hall–Kier alpha value is -4.92. The Morgan fingerprint density at radius 3 is 2.41 bits per heavy atom. The minimum Gasteiger partial charge on any atom is -0.478 e. The van der Waals surface area contributed by atoms with Gasteiger partial charge in [0.15, 0.2) is 5.82 Å². The smallest absolute Gasteiger partial charge is 0.338 e. The molecule has 1 N–H and O–H groups in total. The molecule has 4 aromatic rings. The van der Waals surface area contributed by atoms with Crippen LogP contribution in [-0.2, 0) is 31.2 Å². The van der Waals surface area contributed by atoms with Gasteiger partial charge in [0.25, 0.3) is 6.43 Å². The van der Waals surface area contributed by atoms with Crippen molar-refractivity contribution in [3.8, 4) is 11.1 Å². The highest BCUT2D eigenvalue weighted by Crippen LogP contribution is 2.44. The third kappa shape index (κ3) is 6.21. The van der Waals surface area contributed by atoms with Gasteiger partial charge in [0.1, 0.15) is 0 Å². The highest BCUT2D eigenvalue weighted by molar-refractivity contribution is 5.86. The van der Waals surface area contributed by atoms with Gasteiger partial charge in [-0.25, -0.2) is 23.5 Å². The van der Waals surface area contributed by atoms with Crippen molar-refractivity contribution in [3.63, 3.8) is 0 Å². The number of anilines is 3. The van der Waals surface area contributed by atoms with Crippen molar-refractivity contribution in [3.05, 3.63) is 64.9 Å². The minimum absolute atomic E-state index is 0.0154. The zero-order valence-electron chi connectivity index (χ0n) is 28.9. The molecule has 2 fully saturated rings. The zero-order valence-corrected chi connectivity index (χ0v) is 28.9. The zero-order chi connectivity index (χ0) is 35.4. The van der Waals surface area contributed by atoms with Crippen molar-refractivity contribution >= 4 is 29.3 Å². The van der Waals surface area contributed by atoms with E-state index in [0.29, 0.717) is 49.2 Å². The van der Waals surface area contributed by atoms with Crippen LogP contribution in [-0.4, -0.2) is 102 Å². The Labute approximate surface area is 294 Å². The number of fused-ring (bicyclic) bond motifs is 2. The SMILES string of the molecule is CC(=O)N1CCc2c(c(N3CCCc4cc(-c5cnn(C)c5)c(C(F)F)cc43)nn2C2CCN([C@@H]3CCN(c4ncc(C(=O)O)cn4)C3)CC2)C1. The van der Waals surface area contributed by atoms with Crippen molar-refractivity contribution in [1.29, 1.82) is 0 Å². The van der Waals surface area contributed by atoms with E-state index in [1.807, 2.05) is 11.0 Å². The number of likely N-dealkylation sites (tertiary alicyclic amines) is 1. The average molecular weight is 701 g/mol. The number of aryl methyl sites for hydroxylation is 2. The van der Waals surface area contributed by atoms with Gasteiger partial charge in [0, 0.05) is 112 Å². The van der Waals surface area contributed by atoms with Gasteiger partial charge in [-0.15, -0.1) is 0 Å². The summed E-state index contributed by atoms with van der Waals surface area (Å²) in [4.78, 5) is 41.0. The monoisotopic (exact) mass is 700 g/mol. The van der Waals surface area contributed by atoms with Gasteiger partial charge >= 0.3 is 5.97 Å². The molecule has 0 aliphatic carbocycles. The maximum Gasteiger partial charge on any atom is 0.338 e. The molecule has 1 amide bonds. The van der Waals surface area contributed by atoms with Crippen molar-refractivity contribution < 1.29 is 23.5 Å². The molecule has 3 aromatic heterocycles. The first-order valence-corrected chi connectivity index (χ1v) is 17.8. The third-order valence-corrected chi connectivity index (χ3v) is 11.1. The lowest BCUT2D eigenvalue weighted by molar-refractivity contribution is -0.129. The van der Waals surface area contributed by atoms with Gasteiger partial charge in [0.05, 0.1) is 24.3 Å². The van der Waals surface area contributed by atoms with E-state index >= 15 is 0 Å². The van der Waals surface area contributed by atoms with Gasteiger partial charge in [0.2, 0.25) is 11.9 Å². The van der Waals surface area contributed by atoms with Crippen molar-refractivity contribution in [2.75, 3.05) is 49.1 Å². The lowest BCUT2D eigenvalue weighted by Crippen LogP contribution is -2.43. The number of amides is 1. The molecule has 0 unspecified atom stereocenters. The highest BCUT2D eigenvalue weighted by Gasteiger charge is 2.37. The largest absolute Gasteiger partial charge is 0.478 e. The molecule has 8 rings (SSSR count). The lowest BCUT2D eigenvalue weighted by Gasteiger charge is -2.37. The van der Waals surface area contributed by atoms with Gasteiger partial charge in [-0.05, 0) is 55.4 Å². The number of aromatic nitrogens is 6. The molecule has 4 aliphatic heterocycles. The molecule has 0 radical (unpaired) electrons. The van der Waals surface area contributed by atoms with Gasteiger partial charge < -0.3 is 19.8 Å². The average Bonchev–Trinajstić information content (AvgIpc) is 3.90. The van der Waals surface area contributed by atoms with E-state index in [1.165, 1.54) is 12.4 Å². The first-order valence-electron chi connectivity index (χ1n) is 17.8. The van der Waals surface area contributed by atoms with Crippen molar-refractivity contribution in [2.24, 2.45) is 7.05 Å². The summed E-state index contributed by atoms with van der Waals surface area (Å²) in [7, 11) is 1.78.